The monoisotopic (exact) mass is 167 g/mol. The smallest absolute Gasteiger partial charge is 0.0325 e. The second-order valence-electron chi connectivity index (χ2n) is 2.64. The Hall–Kier alpha value is -0.630. The fraction of sp³-hybridized carbons (Fsp3) is 0.333. The minimum Gasteiger partial charge on any atom is -0.399 e. The molecule has 0 aliphatic carbocycles. The maximum absolute atomic E-state index is 5.57. The summed E-state index contributed by atoms with van der Waals surface area (Å²) in [5, 5.41) is 0. The second-order valence-corrected chi connectivity index (χ2v) is 3.12. The molecule has 0 aromatic heterocycles. The molecule has 1 rings (SSSR count). The lowest BCUT2D eigenvalue weighted by Gasteiger charge is -2.03. The number of benzene rings is 1. The van der Waals surface area contributed by atoms with E-state index in [9.17, 15) is 0 Å². The van der Waals surface area contributed by atoms with Crippen LogP contribution in [0.1, 0.15) is 18.9 Å². The summed E-state index contributed by atoms with van der Waals surface area (Å²) in [5.74, 6) is 0. The van der Waals surface area contributed by atoms with Crippen LogP contribution in [0.5, 0.6) is 0 Å². The normalized spacial score (nSPS) is 10.0. The largest absolute Gasteiger partial charge is 0.399 e. The summed E-state index contributed by atoms with van der Waals surface area (Å²) < 4.78 is 0. The molecule has 0 heterocycles. The molecule has 1 nitrogen and oxygen atoms in total. The lowest BCUT2D eigenvalue weighted by atomic mass is 10.1. The molecule has 0 aliphatic heterocycles. The van der Waals surface area contributed by atoms with Gasteiger partial charge in [0.2, 0.25) is 0 Å². The first kappa shape index (κ1) is 8.47. The first-order chi connectivity index (χ1) is 5.24. The van der Waals surface area contributed by atoms with Gasteiger partial charge in [0.25, 0.3) is 0 Å². The zero-order chi connectivity index (χ0) is 8.27. The molecule has 0 bridgehead atoms. The van der Waals surface area contributed by atoms with E-state index < -0.39 is 0 Å². The Morgan fingerprint density at radius 2 is 2.18 bits per heavy atom. The van der Waals surface area contributed by atoms with E-state index in [4.69, 9.17) is 5.73 Å². The van der Waals surface area contributed by atoms with E-state index in [2.05, 4.69) is 19.6 Å². The zero-order valence-electron chi connectivity index (χ0n) is 6.67. The van der Waals surface area contributed by atoms with Crippen molar-refractivity contribution in [2.75, 3.05) is 5.73 Å². The van der Waals surface area contributed by atoms with E-state index in [1.807, 2.05) is 18.2 Å². The van der Waals surface area contributed by atoms with E-state index >= 15 is 0 Å². The average molecular weight is 167 g/mol. The maximum atomic E-state index is 5.57. The van der Waals surface area contributed by atoms with Gasteiger partial charge < -0.3 is 5.73 Å². The molecule has 2 heteroatoms. The Labute approximate surface area is 73.0 Å². The van der Waals surface area contributed by atoms with Crippen LogP contribution in [0.15, 0.2) is 23.1 Å². The van der Waals surface area contributed by atoms with Crippen LogP contribution in [-0.4, -0.2) is 0 Å². The molecule has 0 amide bonds. The third kappa shape index (κ3) is 2.15. The molecule has 1 aromatic rings. The van der Waals surface area contributed by atoms with Gasteiger partial charge in [-0.1, -0.05) is 19.4 Å². The van der Waals surface area contributed by atoms with Gasteiger partial charge in [0.1, 0.15) is 0 Å². The fourth-order valence-corrected chi connectivity index (χ4v) is 1.40. The van der Waals surface area contributed by atoms with Crippen molar-refractivity contribution in [3.8, 4) is 0 Å². The highest BCUT2D eigenvalue weighted by Crippen LogP contribution is 2.18. The molecular weight excluding hydrogens is 154 g/mol. The highest BCUT2D eigenvalue weighted by Gasteiger charge is 1.96. The van der Waals surface area contributed by atoms with Crippen LogP contribution >= 0.6 is 12.6 Å². The standard InChI is InChI=1S/C9H13NS/c1-2-3-7-4-5-8(10)6-9(7)11/h4-6,11H,2-3,10H2,1H3. The predicted octanol–water partition coefficient (Wildman–Crippen LogP) is 2.51. The van der Waals surface area contributed by atoms with E-state index in [0.29, 0.717) is 0 Å². The van der Waals surface area contributed by atoms with Gasteiger partial charge in [-0.3, -0.25) is 0 Å². The van der Waals surface area contributed by atoms with Crippen LogP contribution in [0.3, 0.4) is 0 Å². The van der Waals surface area contributed by atoms with E-state index in [0.717, 1.165) is 23.4 Å². The number of hydrogen-bond donors (Lipinski definition) is 2. The number of nitrogens with two attached hydrogens (primary N) is 1. The molecule has 0 spiro atoms. The molecule has 0 saturated heterocycles. The number of anilines is 1. The number of thiol groups is 1. The maximum Gasteiger partial charge on any atom is 0.0325 e. The SMILES string of the molecule is CCCc1ccc(N)cc1S. The Kier molecular flexibility index (Phi) is 2.83. The summed E-state index contributed by atoms with van der Waals surface area (Å²) in [5.41, 5.74) is 7.64. The van der Waals surface area contributed by atoms with Crippen molar-refractivity contribution in [3.05, 3.63) is 23.8 Å². The van der Waals surface area contributed by atoms with Gasteiger partial charge in [-0.05, 0) is 24.1 Å². The molecule has 2 N–H and O–H groups in total. The zero-order valence-corrected chi connectivity index (χ0v) is 7.57. The van der Waals surface area contributed by atoms with E-state index in [-0.39, 0.29) is 0 Å². The van der Waals surface area contributed by atoms with Gasteiger partial charge in [0.15, 0.2) is 0 Å². The van der Waals surface area contributed by atoms with Crippen LogP contribution in [0, 0.1) is 0 Å². The van der Waals surface area contributed by atoms with Gasteiger partial charge in [-0.25, -0.2) is 0 Å². The van der Waals surface area contributed by atoms with E-state index in [1.54, 1.807) is 0 Å². The molecule has 0 atom stereocenters. The van der Waals surface area contributed by atoms with Crippen molar-refractivity contribution in [3.63, 3.8) is 0 Å². The fourth-order valence-electron chi connectivity index (χ4n) is 1.06. The molecule has 60 valence electrons. The Morgan fingerprint density at radius 1 is 1.45 bits per heavy atom. The van der Waals surface area contributed by atoms with Crippen molar-refractivity contribution >= 4 is 18.3 Å². The summed E-state index contributed by atoms with van der Waals surface area (Å²) in [7, 11) is 0. The Bertz CT molecular complexity index is 245. The Morgan fingerprint density at radius 3 is 2.73 bits per heavy atom. The number of rotatable bonds is 2. The molecule has 0 saturated carbocycles. The van der Waals surface area contributed by atoms with Crippen LogP contribution in [0.25, 0.3) is 0 Å². The first-order valence-corrected chi connectivity index (χ1v) is 4.26. The van der Waals surface area contributed by atoms with Crippen molar-refractivity contribution < 1.29 is 0 Å². The number of nitrogen functional groups attached to an aromatic ring is 1. The minimum absolute atomic E-state index is 0.787. The average Bonchev–Trinajstić information content (AvgIpc) is 1.95. The van der Waals surface area contributed by atoms with Gasteiger partial charge in [-0.15, -0.1) is 12.6 Å². The topological polar surface area (TPSA) is 26.0 Å². The molecule has 0 aliphatic rings. The molecule has 0 unspecified atom stereocenters. The van der Waals surface area contributed by atoms with Crippen molar-refractivity contribution in [2.24, 2.45) is 0 Å². The Balaban J connectivity index is 2.90. The van der Waals surface area contributed by atoms with Gasteiger partial charge >= 0.3 is 0 Å². The van der Waals surface area contributed by atoms with Crippen molar-refractivity contribution in [1.82, 2.24) is 0 Å². The van der Waals surface area contributed by atoms with Crippen LogP contribution < -0.4 is 5.73 Å². The van der Waals surface area contributed by atoms with E-state index in [1.165, 1.54) is 5.56 Å². The van der Waals surface area contributed by atoms with Gasteiger partial charge in [-0.2, -0.15) is 0 Å². The molecule has 0 fully saturated rings. The quantitative estimate of drug-likeness (QED) is 0.513. The first-order valence-electron chi connectivity index (χ1n) is 3.81. The lowest BCUT2D eigenvalue weighted by molar-refractivity contribution is 0.902. The van der Waals surface area contributed by atoms with Crippen LogP contribution in [0.2, 0.25) is 0 Å². The van der Waals surface area contributed by atoms with Gasteiger partial charge in [0.05, 0.1) is 0 Å². The number of aryl methyl sites for hydroxylation is 1. The second kappa shape index (κ2) is 3.67. The predicted molar refractivity (Wildman–Crippen MR) is 52.1 cm³/mol. The lowest BCUT2D eigenvalue weighted by Crippen LogP contribution is -1.89. The number of hydrogen-bond acceptors (Lipinski definition) is 2. The highest BCUT2D eigenvalue weighted by atomic mass is 32.1. The highest BCUT2D eigenvalue weighted by molar-refractivity contribution is 7.80. The van der Waals surface area contributed by atoms with Crippen LogP contribution in [0.4, 0.5) is 5.69 Å². The van der Waals surface area contributed by atoms with Crippen molar-refractivity contribution in [1.29, 1.82) is 0 Å². The summed E-state index contributed by atoms with van der Waals surface area (Å²) in [6.45, 7) is 2.16. The minimum atomic E-state index is 0.787. The molecule has 11 heavy (non-hydrogen) atoms. The third-order valence-corrected chi connectivity index (χ3v) is 2.05. The molecular formula is C9H13NS. The summed E-state index contributed by atoms with van der Waals surface area (Å²) in [6, 6.07) is 5.86. The summed E-state index contributed by atoms with van der Waals surface area (Å²) in [4.78, 5) is 1.01. The third-order valence-electron chi connectivity index (χ3n) is 1.63. The van der Waals surface area contributed by atoms with Gasteiger partial charge in [0, 0.05) is 10.6 Å². The summed E-state index contributed by atoms with van der Waals surface area (Å²) >= 11 is 4.32. The van der Waals surface area contributed by atoms with Crippen LogP contribution in [-0.2, 0) is 6.42 Å². The summed E-state index contributed by atoms with van der Waals surface area (Å²) in [6.07, 6.45) is 2.23. The molecule has 1 aromatic carbocycles. The molecule has 0 radical (unpaired) electrons. The van der Waals surface area contributed by atoms with Crippen molar-refractivity contribution in [2.45, 2.75) is 24.7 Å².